The largest absolute Gasteiger partial charge is 0.696 e. The Balaban J connectivity index is 3.14. The molecule has 0 aliphatic carbocycles. The van der Waals surface area contributed by atoms with Crippen LogP contribution in [-0.2, 0) is 0 Å². The number of nitrogens with zero attached hydrogens (tertiary/aromatic N) is 2. The lowest BCUT2D eigenvalue weighted by molar-refractivity contribution is -0.504. The topological polar surface area (TPSA) is 50.5 Å². The molecule has 0 fully saturated rings. The lowest BCUT2D eigenvalue weighted by atomic mass is 11.5. The molecule has 36 valence electrons. The number of nitrogens with one attached hydrogen (secondary N) is 1. The van der Waals surface area contributed by atoms with Gasteiger partial charge in [0, 0.05) is 0 Å². The molecule has 0 rings (SSSR count). The van der Waals surface area contributed by atoms with Gasteiger partial charge in [-0.05, 0) is 0 Å². The van der Waals surface area contributed by atoms with E-state index in [9.17, 15) is 5.21 Å². The van der Waals surface area contributed by atoms with Crippen LogP contribution in [0, 0.1) is 5.21 Å². The Morgan fingerprint density at radius 2 is 2.33 bits per heavy atom. The van der Waals surface area contributed by atoms with Gasteiger partial charge in [-0.25, -0.2) is 0 Å². The molecule has 0 aliphatic heterocycles. The van der Waals surface area contributed by atoms with E-state index in [-0.39, 0.29) is 0 Å². The average Bonchev–Trinajstić information content (AvgIpc) is 1.35. The summed E-state index contributed by atoms with van der Waals surface area (Å²) in [6.45, 7) is 0. The van der Waals surface area contributed by atoms with Crippen molar-refractivity contribution in [1.29, 1.82) is 0 Å². The molecule has 0 saturated heterocycles. The van der Waals surface area contributed by atoms with Crippen LogP contribution in [0.1, 0.15) is 0 Å². The van der Waals surface area contributed by atoms with Gasteiger partial charge >= 0.3 is 0 Å². The predicted molar refractivity (Wildman–Crippen MR) is 21.0 cm³/mol. The summed E-state index contributed by atoms with van der Waals surface area (Å²) < 4.78 is 0. The highest BCUT2D eigenvalue weighted by molar-refractivity contribution is 3.95. The lowest BCUT2D eigenvalue weighted by Gasteiger charge is -1.91. The first-order valence-electron chi connectivity index (χ1n) is 1.55. The minimum atomic E-state index is 0.444. The Labute approximate surface area is 36.0 Å². The van der Waals surface area contributed by atoms with Gasteiger partial charge in [-0.15, -0.1) is 0 Å². The SMILES string of the molecule is CN/N=[N+](/C)[O-]. The van der Waals surface area contributed by atoms with Crippen molar-refractivity contribution in [2.45, 2.75) is 0 Å². The summed E-state index contributed by atoms with van der Waals surface area (Å²) in [5, 5.41) is 12.9. The highest BCUT2D eigenvalue weighted by Crippen LogP contribution is 1.55. The molecule has 0 aliphatic rings. The molecule has 6 heavy (non-hydrogen) atoms. The van der Waals surface area contributed by atoms with Crippen LogP contribution < -0.4 is 5.43 Å². The van der Waals surface area contributed by atoms with Crippen molar-refractivity contribution in [2.24, 2.45) is 5.22 Å². The van der Waals surface area contributed by atoms with Crippen molar-refractivity contribution in [3.05, 3.63) is 5.21 Å². The molecule has 0 radical (unpaired) electrons. The summed E-state index contributed by atoms with van der Waals surface area (Å²) in [5.74, 6) is 0. The van der Waals surface area contributed by atoms with Gasteiger partial charge in [-0.2, -0.15) is 10.3 Å². The van der Waals surface area contributed by atoms with Crippen LogP contribution in [-0.4, -0.2) is 19.0 Å². The van der Waals surface area contributed by atoms with Crippen molar-refractivity contribution < 1.29 is 4.86 Å². The van der Waals surface area contributed by atoms with Gasteiger partial charge in [0.1, 0.15) is 7.05 Å². The number of rotatable bonds is 1. The van der Waals surface area contributed by atoms with Gasteiger partial charge < -0.3 is 5.21 Å². The maximum atomic E-state index is 9.73. The molecular weight excluding hydrogens is 82.0 g/mol. The molecule has 0 saturated carbocycles. The second-order valence-corrected chi connectivity index (χ2v) is 0.788. The minimum absolute atomic E-state index is 0.444. The first-order chi connectivity index (χ1) is 2.77. The Hall–Kier alpha value is -0.800. The molecule has 0 spiro atoms. The Kier molecular flexibility index (Phi) is 2.11. The number of hydrogen-bond donors (Lipinski definition) is 1. The molecular formula is C2H7N3O. The van der Waals surface area contributed by atoms with E-state index in [1.807, 2.05) is 0 Å². The van der Waals surface area contributed by atoms with E-state index in [1.165, 1.54) is 7.05 Å². The third-order valence-electron chi connectivity index (χ3n) is 0.241. The van der Waals surface area contributed by atoms with Crippen LogP contribution in [0.4, 0.5) is 0 Å². The molecule has 0 bridgehead atoms. The van der Waals surface area contributed by atoms with Crippen molar-refractivity contribution in [3.63, 3.8) is 0 Å². The van der Waals surface area contributed by atoms with Gasteiger partial charge in [0.15, 0.2) is 0 Å². The fourth-order valence-electron chi connectivity index (χ4n) is 0.141. The fraction of sp³-hybridized carbons (Fsp3) is 1.00. The maximum absolute atomic E-state index is 9.73. The van der Waals surface area contributed by atoms with E-state index < -0.39 is 0 Å². The van der Waals surface area contributed by atoms with E-state index in [0.717, 1.165) is 0 Å². The van der Waals surface area contributed by atoms with Crippen LogP contribution in [0.5, 0.6) is 0 Å². The van der Waals surface area contributed by atoms with Gasteiger partial charge in [0.25, 0.3) is 0 Å². The van der Waals surface area contributed by atoms with E-state index >= 15 is 0 Å². The smallest absolute Gasteiger partial charge is 0.101 e. The maximum Gasteiger partial charge on any atom is 0.101 e. The molecule has 1 N–H and O–H groups in total. The summed E-state index contributed by atoms with van der Waals surface area (Å²) in [4.78, 5) is 0.444. The van der Waals surface area contributed by atoms with Crippen LogP contribution in [0.3, 0.4) is 0 Å². The highest BCUT2D eigenvalue weighted by Gasteiger charge is 1.63. The summed E-state index contributed by atoms with van der Waals surface area (Å²) in [6.07, 6.45) is 0. The Morgan fingerprint density at radius 1 is 1.83 bits per heavy atom. The zero-order chi connectivity index (χ0) is 4.99. The molecule has 4 nitrogen and oxygen atoms in total. The van der Waals surface area contributed by atoms with Gasteiger partial charge in [0.05, 0.1) is 12.3 Å². The third-order valence-corrected chi connectivity index (χ3v) is 0.241. The molecule has 0 atom stereocenters. The van der Waals surface area contributed by atoms with Gasteiger partial charge in [0.2, 0.25) is 0 Å². The standard InChI is InChI=1S/C2H7N3O/c1-3-4-5(2)6/h3H,1-2H3/b5-4-. The Bertz CT molecular complexity index is 55.8. The molecule has 0 heterocycles. The van der Waals surface area contributed by atoms with Crippen LogP contribution in [0.2, 0.25) is 0 Å². The summed E-state index contributed by atoms with van der Waals surface area (Å²) in [5.41, 5.74) is 2.31. The quantitative estimate of drug-likeness (QED) is 0.273. The van der Waals surface area contributed by atoms with E-state index in [1.54, 1.807) is 7.05 Å². The van der Waals surface area contributed by atoms with Crippen LogP contribution in [0.25, 0.3) is 0 Å². The van der Waals surface area contributed by atoms with Crippen molar-refractivity contribution >= 4 is 0 Å². The number of hydroxylamine groups is 1. The molecule has 0 aromatic carbocycles. The molecule has 0 aromatic heterocycles. The van der Waals surface area contributed by atoms with Crippen LogP contribution >= 0.6 is 0 Å². The zero-order valence-electron chi connectivity index (χ0n) is 3.80. The second-order valence-electron chi connectivity index (χ2n) is 0.788. The summed E-state index contributed by atoms with van der Waals surface area (Å²) in [7, 11) is 2.87. The van der Waals surface area contributed by atoms with Crippen molar-refractivity contribution in [2.75, 3.05) is 14.1 Å². The normalized spacial score (nSPS) is 11.3. The predicted octanol–water partition coefficient (Wildman–Crippen LogP) is -0.287. The van der Waals surface area contributed by atoms with E-state index in [2.05, 4.69) is 10.6 Å². The molecule has 0 aromatic rings. The first kappa shape index (κ1) is 5.20. The second kappa shape index (κ2) is 2.44. The minimum Gasteiger partial charge on any atom is -0.696 e. The van der Waals surface area contributed by atoms with Crippen molar-refractivity contribution in [1.82, 2.24) is 5.43 Å². The first-order valence-corrected chi connectivity index (χ1v) is 1.55. The van der Waals surface area contributed by atoms with E-state index in [4.69, 9.17) is 0 Å². The monoisotopic (exact) mass is 89.1 g/mol. The fourth-order valence-corrected chi connectivity index (χ4v) is 0.141. The summed E-state index contributed by atoms with van der Waals surface area (Å²) >= 11 is 0. The third kappa shape index (κ3) is 3.20. The summed E-state index contributed by atoms with van der Waals surface area (Å²) in [6, 6.07) is 0. The highest BCUT2D eigenvalue weighted by atomic mass is 16.5. The van der Waals surface area contributed by atoms with Gasteiger partial charge in [-0.3, -0.25) is 0 Å². The van der Waals surface area contributed by atoms with Crippen molar-refractivity contribution in [3.8, 4) is 0 Å². The molecule has 4 heteroatoms. The van der Waals surface area contributed by atoms with Gasteiger partial charge in [-0.1, -0.05) is 0 Å². The number of hydrogen-bond acceptors (Lipinski definition) is 2. The lowest BCUT2D eigenvalue weighted by Crippen LogP contribution is -2.00. The molecule has 0 unspecified atom stereocenters. The molecule has 0 amide bonds. The van der Waals surface area contributed by atoms with E-state index in [0.29, 0.717) is 4.86 Å². The zero-order valence-corrected chi connectivity index (χ0v) is 3.80. The average molecular weight is 89.1 g/mol. The Morgan fingerprint density at radius 3 is 2.33 bits per heavy atom. The van der Waals surface area contributed by atoms with Crippen LogP contribution in [0.15, 0.2) is 5.22 Å².